The third kappa shape index (κ3) is 4.97. The van der Waals surface area contributed by atoms with Crippen LogP contribution in [0.4, 0.5) is 22.7 Å². The first-order chi connectivity index (χ1) is 14.4. The number of amides is 2. The fourth-order valence-corrected chi connectivity index (χ4v) is 3.00. The summed E-state index contributed by atoms with van der Waals surface area (Å²) in [6.07, 6.45) is 0. The highest BCUT2D eigenvalue weighted by atomic mass is 16.2. The molecule has 0 heterocycles. The quantitative estimate of drug-likeness (QED) is 0.571. The van der Waals surface area contributed by atoms with Gasteiger partial charge in [-0.05, 0) is 61.0 Å². The van der Waals surface area contributed by atoms with Crippen LogP contribution in [0, 0.1) is 6.92 Å². The van der Waals surface area contributed by atoms with Crippen LogP contribution in [0.3, 0.4) is 0 Å². The van der Waals surface area contributed by atoms with Crippen LogP contribution in [-0.4, -0.2) is 33.0 Å². The Bertz CT molecular complexity index is 1080. The predicted molar refractivity (Wildman–Crippen MR) is 123 cm³/mol. The molecule has 0 unspecified atom stereocenters. The van der Waals surface area contributed by atoms with E-state index in [4.69, 9.17) is 0 Å². The number of nitrogens with one attached hydrogen (secondary N) is 3. The van der Waals surface area contributed by atoms with Gasteiger partial charge in [-0.1, -0.05) is 18.2 Å². The lowest BCUT2D eigenvalue weighted by Crippen LogP contribution is -2.17. The summed E-state index contributed by atoms with van der Waals surface area (Å²) in [5, 5.41) is 8.91. The van der Waals surface area contributed by atoms with E-state index in [2.05, 4.69) is 16.0 Å². The second-order valence-electron chi connectivity index (χ2n) is 7.21. The van der Waals surface area contributed by atoms with Crippen molar-refractivity contribution >= 4 is 34.6 Å². The van der Waals surface area contributed by atoms with E-state index >= 15 is 0 Å². The molecule has 0 bridgehead atoms. The number of nitrogens with zero attached hydrogens (tertiary/aromatic N) is 1. The van der Waals surface area contributed by atoms with Crippen molar-refractivity contribution in [1.82, 2.24) is 5.32 Å². The normalized spacial score (nSPS) is 10.3. The number of aryl methyl sites for hydroxylation is 1. The van der Waals surface area contributed by atoms with Crippen LogP contribution in [0.15, 0.2) is 66.7 Å². The van der Waals surface area contributed by atoms with Crippen molar-refractivity contribution in [2.24, 2.45) is 0 Å². The third-order valence-electron chi connectivity index (χ3n) is 4.75. The van der Waals surface area contributed by atoms with Crippen molar-refractivity contribution in [2.75, 3.05) is 36.7 Å². The van der Waals surface area contributed by atoms with Gasteiger partial charge in [-0.3, -0.25) is 9.59 Å². The first-order valence-electron chi connectivity index (χ1n) is 9.66. The SMILES string of the molecule is CNC(=O)c1cccc(Nc2cc(NC(=O)c3cccc(N(C)C)c3)ccc2C)c1. The van der Waals surface area contributed by atoms with Crippen molar-refractivity contribution in [3.8, 4) is 0 Å². The molecule has 0 spiro atoms. The molecule has 0 saturated heterocycles. The number of carbonyl (C=O) groups is 2. The van der Waals surface area contributed by atoms with Crippen LogP contribution >= 0.6 is 0 Å². The van der Waals surface area contributed by atoms with Crippen LogP contribution in [0.1, 0.15) is 26.3 Å². The molecular formula is C24H26N4O2. The molecule has 0 aliphatic rings. The summed E-state index contributed by atoms with van der Waals surface area (Å²) in [7, 11) is 5.48. The lowest BCUT2D eigenvalue weighted by atomic mass is 10.1. The fourth-order valence-electron chi connectivity index (χ4n) is 3.00. The number of rotatable bonds is 6. The Hall–Kier alpha value is -3.80. The monoisotopic (exact) mass is 402 g/mol. The molecule has 3 aromatic carbocycles. The Morgan fingerprint density at radius 3 is 2.20 bits per heavy atom. The zero-order valence-corrected chi connectivity index (χ0v) is 17.6. The van der Waals surface area contributed by atoms with E-state index in [-0.39, 0.29) is 11.8 Å². The standard InChI is InChI=1S/C24H26N4O2/c1-16-11-12-20(27-24(30)18-8-6-10-21(14-18)28(3)4)15-22(16)26-19-9-5-7-17(13-19)23(29)25-2/h5-15,26H,1-4H3,(H,25,29)(H,27,30). The highest BCUT2D eigenvalue weighted by Crippen LogP contribution is 2.25. The van der Waals surface area contributed by atoms with E-state index in [0.717, 1.165) is 22.6 Å². The van der Waals surface area contributed by atoms with E-state index in [1.807, 2.05) is 74.4 Å². The second kappa shape index (κ2) is 9.13. The van der Waals surface area contributed by atoms with Gasteiger partial charge in [0.2, 0.25) is 0 Å². The lowest BCUT2D eigenvalue weighted by molar-refractivity contribution is 0.0962. The minimum Gasteiger partial charge on any atom is -0.378 e. The van der Waals surface area contributed by atoms with Crippen LogP contribution in [0.25, 0.3) is 0 Å². The van der Waals surface area contributed by atoms with Crippen LogP contribution in [0.5, 0.6) is 0 Å². The fraction of sp³-hybridized carbons (Fsp3) is 0.167. The van der Waals surface area contributed by atoms with Gasteiger partial charge in [0, 0.05) is 55.0 Å². The Labute approximate surface area is 176 Å². The van der Waals surface area contributed by atoms with Crippen molar-refractivity contribution in [3.05, 3.63) is 83.4 Å². The summed E-state index contributed by atoms with van der Waals surface area (Å²) >= 11 is 0. The second-order valence-corrected chi connectivity index (χ2v) is 7.21. The minimum atomic E-state index is -0.171. The van der Waals surface area contributed by atoms with Gasteiger partial charge in [0.05, 0.1) is 0 Å². The number of carbonyl (C=O) groups excluding carboxylic acids is 2. The van der Waals surface area contributed by atoms with E-state index in [0.29, 0.717) is 16.8 Å². The summed E-state index contributed by atoms with van der Waals surface area (Å²) in [4.78, 5) is 26.5. The zero-order valence-electron chi connectivity index (χ0n) is 17.6. The zero-order chi connectivity index (χ0) is 21.7. The van der Waals surface area contributed by atoms with E-state index in [9.17, 15) is 9.59 Å². The van der Waals surface area contributed by atoms with E-state index in [1.54, 1.807) is 25.2 Å². The van der Waals surface area contributed by atoms with Crippen LogP contribution < -0.4 is 20.9 Å². The van der Waals surface area contributed by atoms with Crippen molar-refractivity contribution in [2.45, 2.75) is 6.92 Å². The van der Waals surface area contributed by atoms with Crippen molar-refractivity contribution < 1.29 is 9.59 Å². The van der Waals surface area contributed by atoms with Gasteiger partial charge in [0.25, 0.3) is 11.8 Å². The molecule has 0 atom stereocenters. The molecule has 2 amide bonds. The van der Waals surface area contributed by atoms with Crippen molar-refractivity contribution in [3.63, 3.8) is 0 Å². The summed E-state index contributed by atoms with van der Waals surface area (Å²) in [5.74, 6) is -0.313. The third-order valence-corrected chi connectivity index (χ3v) is 4.75. The Morgan fingerprint density at radius 1 is 0.800 bits per heavy atom. The van der Waals surface area contributed by atoms with Crippen LogP contribution in [-0.2, 0) is 0 Å². The van der Waals surface area contributed by atoms with E-state index < -0.39 is 0 Å². The summed E-state index contributed by atoms with van der Waals surface area (Å²) in [5.41, 5.74) is 5.48. The largest absolute Gasteiger partial charge is 0.378 e. The predicted octanol–water partition coefficient (Wildman–Crippen LogP) is 4.42. The lowest BCUT2D eigenvalue weighted by Gasteiger charge is -2.15. The molecule has 0 fully saturated rings. The molecule has 6 heteroatoms. The Kier molecular flexibility index (Phi) is 6.37. The molecule has 0 aliphatic heterocycles. The molecular weight excluding hydrogens is 376 g/mol. The summed E-state index contributed by atoms with van der Waals surface area (Å²) < 4.78 is 0. The Balaban J connectivity index is 1.79. The number of benzene rings is 3. The average molecular weight is 402 g/mol. The van der Waals surface area contributed by atoms with Gasteiger partial charge in [-0.25, -0.2) is 0 Å². The molecule has 0 aromatic heterocycles. The molecule has 6 nitrogen and oxygen atoms in total. The summed E-state index contributed by atoms with van der Waals surface area (Å²) in [6.45, 7) is 1.98. The van der Waals surface area contributed by atoms with Gasteiger partial charge in [-0.2, -0.15) is 0 Å². The summed E-state index contributed by atoms with van der Waals surface area (Å²) in [6, 6.07) is 20.4. The molecule has 0 saturated carbocycles. The van der Waals surface area contributed by atoms with E-state index in [1.165, 1.54) is 0 Å². The van der Waals surface area contributed by atoms with Gasteiger partial charge >= 0.3 is 0 Å². The number of hydrogen-bond donors (Lipinski definition) is 3. The molecule has 0 radical (unpaired) electrons. The molecule has 30 heavy (non-hydrogen) atoms. The number of anilines is 4. The first-order valence-corrected chi connectivity index (χ1v) is 9.66. The minimum absolute atomic E-state index is 0.142. The smallest absolute Gasteiger partial charge is 0.255 e. The van der Waals surface area contributed by atoms with Crippen LogP contribution in [0.2, 0.25) is 0 Å². The molecule has 0 aliphatic carbocycles. The maximum Gasteiger partial charge on any atom is 0.255 e. The average Bonchev–Trinajstić information content (AvgIpc) is 2.75. The topological polar surface area (TPSA) is 73.5 Å². The van der Waals surface area contributed by atoms with Gasteiger partial charge in [-0.15, -0.1) is 0 Å². The highest BCUT2D eigenvalue weighted by Gasteiger charge is 2.10. The molecule has 154 valence electrons. The maximum atomic E-state index is 12.7. The Morgan fingerprint density at radius 2 is 1.50 bits per heavy atom. The highest BCUT2D eigenvalue weighted by molar-refractivity contribution is 6.05. The van der Waals surface area contributed by atoms with Crippen molar-refractivity contribution in [1.29, 1.82) is 0 Å². The molecule has 3 rings (SSSR count). The van der Waals surface area contributed by atoms with Gasteiger partial charge in [0.1, 0.15) is 0 Å². The van der Waals surface area contributed by atoms with Gasteiger partial charge < -0.3 is 20.9 Å². The number of hydrogen-bond acceptors (Lipinski definition) is 4. The van der Waals surface area contributed by atoms with Gasteiger partial charge in [0.15, 0.2) is 0 Å². The first kappa shape index (κ1) is 20.9. The molecule has 3 aromatic rings. The maximum absolute atomic E-state index is 12.7. The molecule has 3 N–H and O–H groups in total.